The van der Waals surface area contributed by atoms with Crippen molar-refractivity contribution in [3.63, 3.8) is 0 Å². The fraction of sp³-hybridized carbons (Fsp3) is 0.692. The van der Waals surface area contributed by atoms with Gasteiger partial charge >= 0.3 is 0 Å². The van der Waals surface area contributed by atoms with E-state index in [2.05, 4.69) is 22.2 Å². The summed E-state index contributed by atoms with van der Waals surface area (Å²) in [5, 5.41) is 3.45. The maximum Gasteiger partial charge on any atom is 0.226 e. The van der Waals surface area contributed by atoms with Gasteiger partial charge in [-0.1, -0.05) is 0 Å². The topological polar surface area (TPSA) is 50.3 Å². The number of anilines is 2. The minimum absolute atomic E-state index is 0.371. The molecule has 0 amide bonds. The van der Waals surface area contributed by atoms with Crippen molar-refractivity contribution in [3.8, 4) is 0 Å². The van der Waals surface area contributed by atoms with E-state index >= 15 is 0 Å². The smallest absolute Gasteiger partial charge is 0.226 e. The molecule has 1 saturated heterocycles. The molecule has 100 valence electrons. The highest BCUT2D eigenvalue weighted by Crippen LogP contribution is 2.20. The zero-order chi connectivity index (χ0) is 13.0. The van der Waals surface area contributed by atoms with Crippen LogP contribution in [0.2, 0.25) is 0 Å². The van der Waals surface area contributed by atoms with Gasteiger partial charge in [-0.2, -0.15) is 4.98 Å². The molecule has 0 aromatic carbocycles. The van der Waals surface area contributed by atoms with E-state index < -0.39 is 0 Å². The van der Waals surface area contributed by atoms with Gasteiger partial charge in [0.15, 0.2) is 0 Å². The molecule has 0 aliphatic carbocycles. The van der Waals surface area contributed by atoms with Crippen LogP contribution in [0.25, 0.3) is 0 Å². The number of nitrogens with one attached hydrogen (secondary N) is 1. The predicted octanol–water partition coefficient (Wildman–Crippen LogP) is 1.77. The highest BCUT2D eigenvalue weighted by atomic mass is 16.5. The molecule has 1 aromatic rings. The lowest BCUT2D eigenvalue weighted by Crippen LogP contribution is -2.32. The van der Waals surface area contributed by atoms with Crippen LogP contribution in [0, 0.1) is 5.92 Å². The summed E-state index contributed by atoms with van der Waals surface area (Å²) in [5.41, 5.74) is 0. The van der Waals surface area contributed by atoms with Crippen LogP contribution in [0.5, 0.6) is 0 Å². The van der Waals surface area contributed by atoms with Gasteiger partial charge in [0.05, 0.1) is 6.61 Å². The number of hydrogen-bond acceptors (Lipinski definition) is 5. The van der Waals surface area contributed by atoms with Crippen LogP contribution in [-0.2, 0) is 4.74 Å². The fourth-order valence-electron chi connectivity index (χ4n) is 2.16. The Morgan fingerprint density at radius 3 is 3.00 bits per heavy atom. The highest BCUT2D eigenvalue weighted by Gasteiger charge is 2.20. The van der Waals surface area contributed by atoms with E-state index in [1.165, 1.54) is 6.42 Å². The number of aromatic nitrogens is 2. The first-order chi connectivity index (χ1) is 8.66. The van der Waals surface area contributed by atoms with E-state index in [1.54, 1.807) is 6.20 Å². The first-order valence-corrected chi connectivity index (χ1v) is 6.51. The van der Waals surface area contributed by atoms with Crippen LogP contribution in [0.4, 0.5) is 11.8 Å². The lowest BCUT2D eigenvalue weighted by atomic mass is 9.95. The van der Waals surface area contributed by atoms with Crippen molar-refractivity contribution in [2.24, 2.45) is 5.92 Å². The van der Waals surface area contributed by atoms with E-state index in [1.807, 2.05) is 25.1 Å². The third kappa shape index (κ3) is 3.32. The van der Waals surface area contributed by atoms with Crippen LogP contribution in [0.15, 0.2) is 12.3 Å². The molecule has 1 N–H and O–H groups in total. The molecule has 2 heterocycles. The summed E-state index contributed by atoms with van der Waals surface area (Å²) >= 11 is 0. The number of rotatable bonds is 4. The van der Waals surface area contributed by atoms with Crippen molar-refractivity contribution in [1.82, 2.24) is 9.97 Å². The maximum atomic E-state index is 5.52. The minimum atomic E-state index is 0.371. The first kappa shape index (κ1) is 13.1. The molecule has 1 aliphatic heterocycles. The van der Waals surface area contributed by atoms with Gasteiger partial charge in [-0.3, -0.25) is 0 Å². The van der Waals surface area contributed by atoms with Crippen LogP contribution < -0.4 is 10.2 Å². The Hall–Kier alpha value is -1.36. The van der Waals surface area contributed by atoms with E-state index in [4.69, 9.17) is 4.74 Å². The number of nitrogens with zero attached hydrogens (tertiary/aromatic N) is 3. The second-order valence-corrected chi connectivity index (χ2v) is 5.05. The van der Waals surface area contributed by atoms with E-state index in [-0.39, 0.29) is 0 Å². The zero-order valence-corrected chi connectivity index (χ0v) is 11.4. The SMILES string of the molecule is CC(Nc1ccnc(N(C)C)n1)C1CCCOC1. The number of hydrogen-bond donors (Lipinski definition) is 1. The summed E-state index contributed by atoms with van der Waals surface area (Å²) in [5.74, 6) is 2.18. The predicted molar refractivity (Wildman–Crippen MR) is 73.0 cm³/mol. The molecule has 0 bridgehead atoms. The van der Waals surface area contributed by atoms with Crippen molar-refractivity contribution in [1.29, 1.82) is 0 Å². The lowest BCUT2D eigenvalue weighted by molar-refractivity contribution is 0.0496. The minimum Gasteiger partial charge on any atom is -0.381 e. The average molecular weight is 250 g/mol. The Labute approximate surface area is 109 Å². The second kappa shape index (κ2) is 6.00. The summed E-state index contributed by atoms with van der Waals surface area (Å²) in [6.07, 6.45) is 4.16. The maximum absolute atomic E-state index is 5.52. The summed E-state index contributed by atoms with van der Waals surface area (Å²) in [6, 6.07) is 2.28. The molecule has 0 saturated carbocycles. The molecule has 2 unspecified atom stereocenters. The summed E-state index contributed by atoms with van der Waals surface area (Å²) in [7, 11) is 3.88. The van der Waals surface area contributed by atoms with Gasteiger partial charge in [0.25, 0.3) is 0 Å². The van der Waals surface area contributed by atoms with Gasteiger partial charge in [-0.15, -0.1) is 0 Å². The van der Waals surface area contributed by atoms with Crippen molar-refractivity contribution in [2.75, 3.05) is 37.5 Å². The molecule has 18 heavy (non-hydrogen) atoms. The fourth-order valence-corrected chi connectivity index (χ4v) is 2.16. The molecule has 0 spiro atoms. The van der Waals surface area contributed by atoms with Gasteiger partial charge in [0.2, 0.25) is 5.95 Å². The van der Waals surface area contributed by atoms with E-state index in [0.717, 1.165) is 31.4 Å². The number of ether oxygens (including phenoxy) is 1. The van der Waals surface area contributed by atoms with Crippen LogP contribution in [0.1, 0.15) is 19.8 Å². The van der Waals surface area contributed by atoms with Gasteiger partial charge in [0, 0.05) is 38.9 Å². The average Bonchev–Trinajstić information content (AvgIpc) is 2.40. The first-order valence-electron chi connectivity index (χ1n) is 6.51. The lowest BCUT2D eigenvalue weighted by Gasteiger charge is -2.28. The normalized spacial score (nSPS) is 21.4. The van der Waals surface area contributed by atoms with Crippen molar-refractivity contribution < 1.29 is 4.74 Å². The van der Waals surface area contributed by atoms with Crippen molar-refractivity contribution in [2.45, 2.75) is 25.8 Å². The molecule has 5 heteroatoms. The van der Waals surface area contributed by atoms with Crippen LogP contribution >= 0.6 is 0 Å². The Morgan fingerprint density at radius 2 is 2.33 bits per heavy atom. The van der Waals surface area contributed by atoms with Crippen LogP contribution in [-0.4, -0.2) is 43.3 Å². The van der Waals surface area contributed by atoms with Gasteiger partial charge < -0.3 is 15.0 Å². The molecular formula is C13H22N4O. The second-order valence-electron chi connectivity index (χ2n) is 5.05. The molecule has 1 aliphatic rings. The van der Waals surface area contributed by atoms with Gasteiger partial charge in [0.1, 0.15) is 5.82 Å². The summed E-state index contributed by atoms with van der Waals surface area (Å²) < 4.78 is 5.52. The summed E-state index contributed by atoms with van der Waals surface area (Å²) in [6.45, 7) is 3.94. The third-order valence-electron chi connectivity index (χ3n) is 3.32. The Morgan fingerprint density at radius 1 is 1.50 bits per heavy atom. The van der Waals surface area contributed by atoms with Gasteiger partial charge in [-0.25, -0.2) is 4.98 Å². The van der Waals surface area contributed by atoms with E-state index in [0.29, 0.717) is 12.0 Å². The Balaban J connectivity index is 1.97. The Bertz CT molecular complexity index is 377. The summed E-state index contributed by atoms with van der Waals surface area (Å²) in [4.78, 5) is 10.6. The molecular weight excluding hydrogens is 228 g/mol. The molecule has 1 fully saturated rings. The third-order valence-corrected chi connectivity index (χ3v) is 3.32. The monoisotopic (exact) mass is 250 g/mol. The molecule has 1 aromatic heterocycles. The molecule has 2 atom stereocenters. The van der Waals surface area contributed by atoms with Gasteiger partial charge in [-0.05, 0) is 25.8 Å². The standard InChI is InChI=1S/C13H22N4O/c1-10(11-5-4-8-18-9-11)15-12-6-7-14-13(16-12)17(2)3/h6-7,10-11H,4-5,8-9H2,1-3H3,(H,14,15,16). The Kier molecular flexibility index (Phi) is 4.36. The molecule has 2 rings (SSSR count). The van der Waals surface area contributed by atoms with Crippen molar-refractivity contribution in [3.05, 3.63) is 12.3 Å². The molecule has 0 radical (unpaired) electrons. The highest BCUT2D eigenvalue weighted by molar-refractivity contribution is 5.41. The molecule has 5 nitrogen and oxygen atoms in total. The zero-order valence-electron chi connectivity index (χ0n) is 11.4. The quantitative estimate of drug-likeness (QED) is 0.882. The van der Waals surface area contributed by atoms with Crippen LogP contribution in [0.3, 0.4) is 0 Å². The largest absolute Gasteiger partial charge is 0.381 e. The van der Waals surface area contributed by atoms with Crippen molar-refractivity contribution >= 4 is 11.8 Å². The van der Waals surface area contributed by atoms with E-state index in [9.17, 15) is 0 Å².